The molecule has 2 heteroatoms. The summed E-state index contributed by atoms with van der Waals surface area (Å²) < 4.78 is 2.32. The second kappa shape index (κ2) is 11.8. The molecule has 0 bridgehead atoms. The van der Waals surface area contributed by atoms with Gasteiger partial charge in [0, 0.05) is 17.2 Å². The first-order chi connectivity index (χ1) is 25.1. The molecule has 244 valence electrons. The summed E-state index contributed by atoms with van der Waals surface area (Å²) in [5.41, 5.74) is 11.2. The van der Waals surface area contributed by atoms with Crippen molar-refractivity contribution in [1.29, 1.82) is 0 Å². The molecule has 51 heavy (non-hydrogen) atoms. The van der Waals surface area contributed by atoms with E-state index in [1.807, 2.05) is 0 Å². The van der Waals surface area contributed by atoms with Gasteiger partial charge in [0.25, 0.3) is 0 Å². The van der Waals surface area contributed by atoms with Gasteiger partial charge in [0.1, 0.15) is 5.82 Å². The average Bonchev–Trinajstić information content (AvgIpc) is 3.56. The normalized spacial score (nSPS) is 18.0. The number of para-hydroxylation sites is 3. The molecule has 8 aromatic rings. The van der Waals surface area contributed by atoms with E-state index in [0.29, 0.717) is 11.8 Å². The largest absolute Gasteiger partial charge is 0.292 e. The predicted molar refractivity (Wildman–Crippen MR) is 215 cm³/mol. The molecule has 2 nitrogen and oxygen atoms in total. The lowest BCUT2D eigenvalue weighted by Crippen LogP contribution is -2.31. The first kappa shape index (κ1) is 29.9. The van der Waals surface area contributed by atoms with Crippen LogP contribution in [0.4, 0.5) is 0 Å². The molecule has 1 aromatic heterocycles. The molecule has 0 spiro atoms. The lowest BCUT2D eigenvalue weighted by Gasteiger charge is -2.31. The molecule has 0 N–H and O–H groups in total. The summed E-state index contributed by atoms with van der Waals surface area (Å²) in [4.78, 5) is 5.29. The molecule has 3 atom stereocenters. The number of fused-ring (bicyclic) bond motifs is 5. The fourth-order valence-electron chi connectivity index (χ4n) is 8.77. The molecule has 2 aliphatic rings. The van der Waals surface area contributed by atoms with Crippen molar-refractivity contribution >= 4 is 50.8 Å². The van der Waals surface area contributed by atoms with Crippen molar-refractivity contribution in [1.82, 2.24) is 9.55 Å². The Morgan fingerprint density at radius 1 is 0.627 bits per heavy atom. The smallest absolute Gasteiger partial charge is 0.145 e. The van der Waals surface area contributed by atoms with E-state index in [1.54, 1.807) is 0 Å². The van der Waals surface area contributed by atoms with Crippen LogP contribution < -0.4 is 10.4 Å². The van der Waals surface area contributed by atoms with E-state index >= 15 is 0 Å². The molecule has 0 fully saturated rings. The second-order valence-corrected chi connectivity index (χ2v) is 14.5. The van der Waals surface area contributed by atoms with E-state index in [4.69, 9.17) is 4.98 Å². The van der Waals surface area contributed by atoms with Crippen LogP contribution in [0.3, 0.4) is 0 Å². The maximum absolute atomic E-state index is 5.29. The van der Waals surface area contributed by atoms with Gasteiger partial charge < -0.3 is 0 Å². The van der Waals surface area contributed by atoms with Crippen LogP contribution in [0.5, 0.6) is 0 Å². The minimum Gasteiger partial charge on any atom is -0.292 e. The van der Waals surface area contributed by atoms with Crippen molar-refractivity contribution in [2.24, 2.45) is 11.8 Å². The summed E-state index contributed by atoms with van der Waals surface area (Å²) >= 11 is 0. The summed E-state index contributed by atoms with van der Waals surface area (Å²) in [5, 5.41) is 7.80. The van der Waals surface area contributed by atoms with E-state index in [2.05, 4.69) is 182 Å². The van der Waals surface area contributed by atoms with Crippen LogP contribution in [-0.2, 0) is 6.42 Å². The molecule has 0 aliphatic heterocycles. The fourth-order valence-corrected chi connectivity index (χ4v) is 8.77. The number of benzene rings is 7. The van der Waals surface area contributed by atoms with Gasteiger partial charge >= 0.3 is 0 Å². The van der Waals surface area contributed by atoms with Gasteiger partial charge in [-0.25, -0.2) is 4.98 Å². The number of nitrogens with zero attached hydrogens (tertiary/aromatic N) is 2. The average molecular weight is 655 g/mol. The summed E-state index contributed by atoms with van der Waals surface area (Å²) in [6.45, 7) is 4.75. The number of allylic oxidation sites excluding steroid dienone is 1. The van der Waals surface area contributed by atoms with E-state index in [0.717, 1.165) is 34.5 Å². The summed E-state index contributed by atoms with van der Waals surface area (Å²) in [7, 11) is 0. The summed E-state index contributed by atoms with van der Waals surface area (Å²) in [5.74, 6) is 2.05. The number of hydrogen-bond donors (Lipinski definition) is 0. The number of rotatable bonds is 4. The molecular formula is C49H38N2. The quantitative estimate of drug-likeness (QED) is 0.185. The topological polar surface area (TPSA) is 17.8 Å². The Morgan fingerprint density at radius 2 is 1.35 bits per heavy atom. The van der Waals surface area contributed by atoms with Crippen LogP contribution in [-0.4, -0.2) is 9.55 Å². The third-order valence-electron chi connectivity index (χ3n) is 11.2. The van der Waals surface area contributed by atoms with Gasteiger partial charge in [-0.1, -0.05) is 141 Å². The van der Waals surface area contributed by atoms with Crippen molar-refractivity contribution in [3.8, 4) is 28.2 Å². The zero-order chi connectivity index (χ0) is 34.1. The highest BCUT2D eigenvalue weighted by Crippen LogP contribution is 2.47. The maximum atomic E-state index is 5.29. The molecule has 2 aliphatic carbocycles. The zero-order valence-corrected chi connectivity index (χ0v) is 28.9. The Labute approximate surface area is 298 Å². The highest BCUT2D eigenvalue weighted by molar-refractivity contribution is 6.07. The standard InChI is InChI=1S/C49H38N2/c1-31-20-24-40-43(26-31)48(42-29-36-15-9-8-13-34(36)27-32(42)2)41-25-23-38(30-44(41)47(40)37-22-21-33-12-6-7-14-35(33)28-37)49-50-45-18-10-11-19-46(45)51(49)39-16-4-3-5-17-39/h3-25,27-32,42H,26H2,1-2H3. The monoisotopic (exact) mass is 654 g/mol. The number of imidazole rings is 1. The van der Waals surface area contributed by atoms with Gasteiger partial charge in [-0.15, -0.1) is 0 Å². The van der Waals surface area contributed by atoms with Crippen molar-refractivity contribution in [3.63, 3.8) is 0 Å². The van der Waals surface area contributed by atoms with E-state index in [9.17, 15) is 0 Å². The van der Waals surface area contributed by atoms with Gasteiger partial charge in [0.15, 0.2) is 0 Å². The van der Waals surface area contributed by atoms with Crippen LogP contribution in [0.25, 0.3) is 79.0 Å². The molecule has 10 rings (SSSR count). The van der Waals surface area contributed by atoms with Crippen LogP contribution >= 0.6 is 0 Å². The van der Waals surface area contributed by atoms with E-state index < -0.39 is 0 Å². The zero-order valence-electron chi connectivity index (χ0n) is 28.9. The van der Waals surface area contributed by atoms with Gasteiger partial charge in [0.05, 0.1) is 11.0 Å². The Balaban J connectivity index is 1.31. The van der Waals surface area contributed by atoms with Gasteiger partial charge in [-0.05, 0) is 114 Å². The van der Waals surface area contributed by atoms with Crippen LogP contribution in [0.1, 0.15) is 36.5 Å². The molecular weight excluding hydrogens is 617 g/mol. The number of hydrogen-bond acceptors (Lipinski definition) is 1. The molecule has 0 amide bonds. The van der Waals surface area contributed by atoms with Crippen LogP contribution in [0.15, 0.2) is 146 Å². The van der Waals surface area contributed by atoms with Gasteiger partial charge in [0.2, 0.25) is 0 Å². The minimum atomic E-state index is 0.264. The first-order valence-corrected chi connectivity index (χ1v) is 18.2. The Hall–Kier alpha value is -5.99. The molecule has 7 aromatic carbocycles. The molecule has 3 unspecified atom stereocenters. The molecule has 1 heterocycles. The Morgan fingerprint density at radius 3 is 2.22 bits per heavy atom. The molecule has 0 saturated heterocycles. The van der Waals surface area contributed by atoms with Crippen LogP contribution in [0, 0.1) is 11.8 Å². The van der Waals surface area contributed by atoms with E-state index in [1.165, 1.54) is 59.8 Å². The van der Waals surface area contributed by atoms with Crippen molar-refractivity contribution in [2.45, 2.75) is 26.2 Å². The highest BCUT2D eigenvalue weighted by atomic mass is 15.1. The van der Waals surface area contributed by atoms with Crippen molar-refractivity contribution in [3.05, 3.63) is 173 Å². The van der Waals surface area contributed by atoms with Gasteiger partial charge in [-0.3, -0.25) is 4.57 Å². The van der Waals surface area contributed by atoms with E-state index in [-0.39, 0.29) is 5.92 Å². The van der Waals surface area contributed by atoms with Gasteiger partial charge in [-0.2, -0.15) is 0 Å². The van der Waals surface area contributed by atoms with Crippen LogP contribution in [0.2, 0.25) is 0 Å². The second-order valence-electron chi connectivity index (χ2n) is 14.5. The maximum Gasteiger partial charge on any atom is 0.145 e. The third kappa shape index (κ3) is 4.89. The van der Waals surface area contributed by atoms with Crippen molar-refractivity contribution < 1.29 is 0 Å². The first-order valence-electron chi connectivity index (χ1n) is 18.2. The fraction of sp³-hybridized carbons (Fsp3) is 0.122. The number of aromatic nitrogens is 2. The Kier molecular flexibility index (Phi) is 6.92. The lowest BCUT2D eigenvalue weighted by molar-refractivity contribution is 0.666. The highest BCUT2D eigenvalue weighted by Gasteiger charge is 2.29. The molecule has 0 saturated carbocycles. The lowest BCUT2D eigenvalue weighted by atomic mass is 9.72. The Bertz CT molecular complexity index is 2820. The summed E-state index contributed by atoms with van der Waals surface area (Å²) in [6.07, 6.45) is 10.9. The minimum absolute atomic E-state index is 0.264. The predicted octanol–water partition coefficient (Wildman–Crippen LogP) is 10.9. The summed E-state index contributed by atoms with van der Waals surface area (Å²) in [6, 6.07) is 50.8. The third-order valence-corrected chi connectivity index (χ3v) is 11.2. The van der Waals surface area contributed by atoms with Crippen molar-refractivity contribution in [2.75, 3.05) is 0 Å². The SMILES string of the molecule is CC1C=Cc2c(c(C3C=c4ccccc4=CC3C)c3ccc(-c4nc5ccccc5n4-c4ccccc4)cc3c2-c2ccc3ccccc3c2)C1. The molecule has 0 radical (unpaired) electrons.